The van der Waals surface area contributed by atoms with E-state index in [1.807, 2.05) is 12.1 Å². The molecular weight excluding hydrogens is 316 g/mol. The lowest BCUT2D eigenvalue weighted by molar-refractivity contribution is 0.354. The number of hydrogen-bond acceptors (Lipinski definition) is 6. The largest absolute Gasteiger partial charge is 0.493 e. The highest BCUT2D eigenvalue weighted by Gasteiger charge is 2.19. The van der Waals surface area contributed by atoms with E-state index in [1.54, 1.807) is 14.2 Å². The Morgan fingerprint density at radius 1 is 0.920 bits per heavy atom. The number of methoxy groups -OCH3 is 2. The predicted molar refractivity (Wildman–Crippen MR) is 101 cm³/mol. The van der Waals surface area contributed by atoms with Crippen LogP contribution in [0.4, 0.5) is 11.8 Å². The van der Waals surface area contributed by atoms with Crippen LogP contribution in [0.5, 0.6) is 11.5 Å². The topological polar surface area (TPSA) is 96.3 Å². The van der Waals surface area contributed by atoms with Crippen LogP contribution in [0.25, 0.3) is 0 Å². The van der Waals surface area contributed by atoms with Gasteiger partial charge in [0.2, 0.25) is 5.95 Å². The fourth-order valence-electron chi connectivity index (χ4n) is 3.01. The van der Waals surface area contributed by atoms with Gasteiger partial charge in [-0.05, 0) is 35.1 Å². The molecule has 0 aliphatic carbocycles. The van der Waals surface area contributed by atoms with Crippen LogP contribution in [0.3, 0.4) is 0 Å². The van der Waals surface area contributed by atoms with Crippen molar-refractivity contribution in [1.82, 2.24) is 9.97 Å². The lowest BCUT2D eigenvalue weighted by atomic mass is 9.90. The summed E-state index contributed by atoms with van der Waals surface area (Å²) in [4.78, 5) is 8.56. The Morgan fingerprint density at radius 2 is 1.52 bits per heavy atom. The number of aromatic nitrogens is 2. The van der Waals surface area contributed by atoms with E-state index >= 15 is 0 Å². The summed E-state index contributed by atoms with van der Waals surface area (Å²) in [7, 11) is 3.28. The summed E-state index contributed by atoms with van der Waals surface area (Å²) in [5, 5.41) is 0. The minimum Gasteiger partial charge on any atom is -0.493 e. The molecule has 0 spiro atoms. The second kappa shape index (κ2) is 7.59. The number of nitrogen functional groups attached to an aromatic ring is 2. The maximum Gasteiger partial charge on any atom is 0.222 e. The molecule has 136 valence electrons. The average molecular weight is 344 g/mol. The minimum atomic E-state index is 0.199. The number of nitrogens with zero attached hydrogens (tertiary/aromatic N) is 2. The number of benzene rings is 1. The zero-order valence-electron chi connectivity index (χ0n) is 15.9. The van der Waals surface area contributed by atoms with Crippen molar-refractivity contribution < 1.29 is 9.47 Å². The van der Waals surface area contributed by atoms with Gasteiger partial charge in [0.1, 0.15) is 5.82 Å². The van der Waals surface area contributed by atoms with Gasteiger partial charge in [-0.1, -0.05) is 27.7 Å². The van der Waals surface area contributed by atoms with Gasteiger partial charge in [-0.2, -0.15) is 4.98 Å². The van der Waals surface area contributed by atoms with Gasteiger partial charge in [0.25, 0.3) is 0 Å². The summed E-state index contributed by atoms with van der Waals surface area (Å²) in [6.07, 6.45) is 0.619. The molecule has 1 heterocycles. The second-order valence-corrected chi connectivity index (χ2v) is 6.72. The molecule has 0 aliphatic heterocycles. The van der Waals surface area contributed by atoms with Crippen LogP contribution in [-0.4, -0.2) is 24.2 Å². The van der Waals surface area contributed by atoms with Crippen molar-refractivity contribution in [1.29, 1.82) is 0 Å². The van der Waals surface area contributed by atoms with Gasteiger partial charge in [0.15, 0.2) is 11.5 Å². The Labute approximate surface area is 149 Å². The molecule has 0 aliphatic rings. The molecule has 2 aromatic rings. The number of ether oxygens (including phenoxy) is 2. The Balaban J connectivity index is 2.61. The van der Waals surface area contributed by atoms with Gasteiger partial charge in [-0.25, -0.2) is 4.98 Å². The highest BCUT2D eigenvalue weighted by molar-refractivity contribution is 5.54. The molecule has 0 atom stereocenters. The third kappa shape index (κ3) is 3.95. The van der Waals surface area contributed by atoms with Crippen LogP contribution >= 0.6 is 0 Å². The fraction of sp³-hybridized carbons (Fsp3) is 0.474. The third-order valence-electron chi connectivity index (χ3n) is 4.27. The molecule has 0 saturated heterocycles. The van der Waals surface area contributed by atoms with Crippen molar-refractivity contribution in [2.75, 3.05) is 25.7 Å². The quantitative estimate of drug-likeness (QED) is 0.832. The van der Waals surface area contributed by atoms with Crippen molar-refractivity contribution >= 4 is 11.8 Å². The summed E-state index contributed by atoms with van der Waals surface area (Å²) >= 11 is 0. The number of hydrogen-bond donors (Lipinski definition) is 2. The van der Waals surface area contributed by atoms with E-state index < -0.39 is 0 Å². The zero-order chi connectivity index (χ0) is 18.7. The summed E-state index contributed by atoms with van der Waals surface area (Å²) < 4.78 is 10.9. The van der Waals surface area contributed by atoms with E-state index in [4.69, 9.17) is 20.9 Å². The summed E-state index contributed by atoms with van der Waals surface area (Å²) in [5.74, 6) is 2.59. The zero-order valence-corrected chi connectivity index (χ0v) is 15.9. The third-order valence-corrected chi connectivity index (χ3v) is 4.27. The first-order chi connectivity index (χ1) is 11.8. The Kier molecular flexibility index (Phi) is 5.72. The summed E-state index contributed by atoms with van der Waals surface area (Å²) in [5.41, 5.74) is 16.1. The monoisotopic (exact) mass is 344 g/mol. The van der Waals surface area contributed by atoms with Crippen molar-refractivity contribution in [2.24, 2.45) is 0 Å². The lowest BCUT2D eigenvalue weighted by Crippen LogP contribution is -2.12. The van der Waals surface area contributed by atoms with E-state index in [2.05, 4.69) is 37.7 Å². The smallest absolute Gasteiger partial charge is 0.222 e. The van der Waals surface area contributed by atoms with Crippen LogP contribution < -0.4 is 20.9 Å². The molecule has 4 N–H and O–H groups in total. The van der Waals surface area contributed by atoms with Gasteiger partial charge in [-0.3, -0.25) is 0 Å². The SMILES string of the molecule is COc1cc(Cc2c(N)nc(N)nc2C(C)C)c(C(C)C)cc1OC. The number of nitrogens with two attached hydrogens (primary N) is 2. The maximum absolute atomic E-state index is 6.17. The molecule has 0 fully saturated rings. The van der Waals surface area contributed by atoms with Crippen LogP contribution in [0.1, 0.15) is 61.9 Å². The average Bonchev–Trinajstić information content (AvgIpc) is 2.55. The molecule has 1 aromatic carbocycles. The molecule has 2 rings (SSSR count). The highest BCUT2D eigenvalue weighted by Crippen LogP contribution is 2.36. The molecule has 25 heavy (non-hydrogen) atoms. The van der Waals surface area contributed by atoms with E-state index in [1.165, 1.54) is 5.56 Å². The molecule has 0 amide bonds. The molecule has 1 aromatic heterocycles. The van der Waals surface area contributed by atoms with E-state index in [0.717, 1.165) is 22.6 Å². The normalized spacial score (nSPS) is 11.2. The van der Waals surface area contributed by atoms with Crippen molar-refractivity contribution in [3.8, 4) is 11.5 Å². The van der Waals surface area contributed by atoms with Gasteiger partial charge in [0.05, 0.1) is 19.9 Å². The molecule has 0 bridgehead atoms. The second-order valence-electron chi connectivity index (χ2n) is 6.72. The van der Waals surface area contributed by atoms with Gasteiger partial charge >= 0.3 is 0 Å². The predicted octanol–water partition coefficient (Wildman–Crippen LogP) is 3.50. The summed E-state index contributed by atoms with van der Waals surface area (Å²) in [6, 6.07) is 4.04. The molecule has 0 radical (unpaired) electrons. The molecular formula is C19H28N4O2. The van der Waals surface area contributed by atoms with E-state index in [-0.39, 0.29) is 11.9 Å². The van der Waals surface area contributed by atoms with Crippen LogP contribution in [0, 0.1) is 0 Å². The Hall–Kier alpha value is -2.50. The van der Waals surface area contributed by atoms with Crippen LogP contribution in [-0.2, 0) is 6.42 Å². The fourth-order valence-corrected chi connectivity index (χ4v) is 3.01. The first-order valence-corrected chi connectivity index (χ1v) is 8.45. The standard InChI is InChI=1S/C19H28N4O2/c1-10(2)13-9-16(25-6)15(24-5)8-12(13)7-14-17(11(3)4)22-19(21)23-18(14)20/h8-11H,7H2,1-6H3,(H4,20,21,22,23). The van der Waals surface area contributed by atoms with Crippen molar-refractivity contribution in [3.05, 3.63) is 34.5 Å². The van der Waals surface area contributed by atoms with Crippen LogP contribution in [0.15, 0.2) is 12.1 Å². The Bertz CT molecular complexity index is 758. The van der Waals surface area contributed by atoms with Gasteiger partial charge < -0.3 is 20.9 Å². The van der Waals surface area contributed by atoms with Crippen LogP contribution in [0.2, 0.25) is 0 Å². The maximum atomic E-state index is 6.17. The summed E-state index contributed by atoms with van der Waals surface area (Å²) in [6.45, 7) is 8.44. The number of rotatable bonds is 6. The van der Waals surface area contributed by atoms with E-state index in [0.29, 0.717) is 23.9 Å². The van der Waals surface area contributed by atoms with E-state index in [9.17, 15) is 0 Å². The molecule has 6 heteroatoms. The van der Waals surface area contributed by atoms with Gasteiger partial charge in [-0.15, -0.1) is 0 Å². The molecule has 6 nitrogen and oxygen atoms in total. The molecule has 0 unspecified atom stereocenters. The Morgan fingerprint density at radius 3 is 2.04 bits per heavy atom. The number of anilines is 2. The van der Waals surface area contributed by atoms with Crippen molar-refractivity contribution in [2.45, 2.75) is 46.0 Å². The highest BCUT2D eigenvalue weighted by atomic mass is 16.5. The first-order valence-electron chi connectivity index (χ1n) is 8.45. The van der Waals surface area contributed by atoms with Gasteiger partial charge in [0, 0.05) is 12.0 Å². The molecule has 0 saturated carbocycles. The first kappa shape index (κ1) is 18.8. The lowest BCUT2D eigenvalue weighted by Gasteiger charge is -2.20. The van der Waals surface area contributed by atoms with Crippen molar-refractivity contribution in [3.63, 3.8) is 0 Å². The minimum absolute atomic E-state index is 0.199.